The first-order valence-electron chi connectivity index (χ1n) is 6.99. The van der Waals surface area contributed by atoms with E-state index < -0.39 is 11.1 Å². The van der Waals surface area contributed by atoms with Crippen molar-refractivity contribution in [3.63, 3.8) is 0 Å². The standard InChI is InChI=1S/C17H22N2O2/c1-16(2,17(3,4)21)18-15(20)13-8-7-9-14(12-13)19-10-5-6-11-19/h5-12,21H,1-4H3,(H,18,20). The van der Waals surface area contributed by atoms with E-state index in [1.807, 2.05) is 47.3 Å². The Balaban J connectivity index is 2.23. The molecule has 1 amide bonds. The zero-order valence-corrected chi connectivity index (χ0v) is 12.9. The van der Waals surface area contributed by atoms with Crippen LogP contribution in [0.4, 0.5) is 0 Å². The van der Waals surface area contributed by atoms with Crippen LogP contribution < -0.4 is 5.32 Å². The molecule has 0 aliphatic carbocycles. The van der Waals surface area contributed by atoms with Gasteiger partial charge in [-0.05, 0) is 58.0 Å². The summed E-state index contributed by atoms with van der Waals surface area (Å²) in [5.41, 5.74) is -0.249. The molecule has 112 valence electrons. The van der Waals surface area contributed by atoms with E-state index in [0.29, 0.717) is 5.56 Å². The second-order valence-electron chi connectivity index (χ2n) is 6.28. The molecule has 0 aliphatic rings. The lowest BCUT2D eigenvalue weighted by Gasteiger charge is -2.38. The second kappa shape index (κ2) is 5.37. The minimum absolute atomic E-state index is 0.198. The molecule has 0 aliphatic heterocycles. The molecule has 4 nitrogen and oxygen atoms in total. The predicted molar refractivity (Wildman–Crippen MR) is 83.6 cm³/mol. The van der Waals surface area contributed by atoms with Gasteiger partial charge in [0.2, 0.25) is 0 Å². The maximum atomic E-state index is 12.4. The van der Waals surface area contributed by atoms with Gasteiger partial charge in [-0.25, -0.2) is 0 Å². The number of benzene rings is 1. The highest BCUT2D eigenvalue weighted by Crippen LogP contribution is 2.21. The summed E-state index contributed by atoms with van der Waals surface area (Å²) in [6, 6.07) is 11.3. The van der Waals surface area contributed by atoms with Crippen molar-refractivity contribution in [3.05, 3.63) is 54.4 Å². The van der Waals surface area contributed by atoms with Gasteiger partial charge in [0, 0.05) is 23.6 Å². The summed E-state index contributed by atoms with van der Waals surface area (Å²) in [4.78, 5) is 12.4. The Hall–Kier alpha value is -2.07. The average molecular weight is 286 g/mol. The Kier molecular flexibility index (Phi) is 3.92. The summed E-state index contributed by atoms with van der Waals surface area (Å²) in [5, 5.41) is 13.0. The highest BCUT2D eigenvalue weighted by Gasteiger charge is 2.36. The molecule has 0 radical (unpaired) electrons. The minimum Gasteiger partial charge on any atom is -0.388 e. The molecule has 0 saturated carbocycles. The van der Waals surface area contributed by atoms with Crippen molar-refractivity contribution < 1.29 is 9.90 Å². The van der Waals surface area contributed by atoms with Crippen LogP contribution in [0.15, 0.2) is 48.8 Å². The third kappa shape index (κ3) is 3.34. The Morgan fingerprint density at radius 1 is 1.10 bits per heavy atom. The molecule has 0 atom stereocenters. The minimum atomic E-state index is -1.01. The summed E-state index contributed by atoms with van der Waals surface area (Å²) in [5.74, 6) is -0.198. The molecule has 2 aromatic rings. The molecular formula is C17H22N2O2. The van der Waals surface area contributed by atoms with Crippen LogP contribution >= 0.6 is 0 Å². The van der Waals surface area contributed by atoms with E-state index >= 15 is 0 Å². The van der Waals surface area contributed by atoms with Gasteiger partial charge in [0.15, 0.2) is 0 Å². The molecule has 0 fully saturated rings. The number of nitrogens with zero attached hydrogens (tertiary/aromatic N) is 1. The molecule has 21 heavy (non-hydrogen) atoms. The lowest BCUT2D eigenvalue weighted by molar-refractivity contribution is -0.00292. The number of hydrogen-bond acceptors (Lipinski definition) is 2. The third-order valence-corrected chi connectivity index (χ3v) is 3.97. The number of carbonyl (C=O) groups is 1. The average Bonchev–Trinajstić information content (AvgIpc) is 2.91. The fourth-order valence-electron chi connectivity index (χ4n) is 1.82. The van der Waals surface area contributed by atoms with Gasteiger partial charge in [0.25, 0.3) is 5.91 Å². The molecule has 0 unspecified atom stereocenters. The first kappa shape index (κ1) is 15.3. The van der Waals surface area contributed by atoms with Crippen molar-refractivity contribution in [2.75, 3.05) is 0 Å². The van der Waals surface area contributed by atoms with Crippen LogP contribution in [0.2, 0.25) is 0 Å². The van der Waals surface area contributed by atoms with Crippen molar-refractivity contribution in [2.24, 2.45) is 0 Å². The highest BCUT2D eigenvalue weighted by molar-refractivity contribution is 5.95. The fourth-order valence-corrected chi connectivity index (χ4v) is 1.82. The predicted octanol–water partition coefficient (Wildman–Crippen LogP) is 2.76. The zero-order chi connectivity index (χ0) is 15.7. The van der Waals surface area contributed by atoms with Gasteiger partial charge < -0.3 is 15.0 Å². The summed E-state index contributed by atoms with van der Waals surface area (Å²) < 4.78 is 1.94. The molecule has 2 rings (SSSR count). The van der Waals surface area contributed by atoms with E-state index in [9.17, 15) is 9.90 Å². The van der Waals surface area contributed by atoms with E-state index in [2.05, 4.69) is 5.32 Å². The smallest absolute Gasteiger partial charge is 0.251 e. The van der Waals surface area contributed by atoms with Crippen LogP contribution in [0.5, 0.6) is 0 Å². The Bertz CT molecular complexity index is 622. The van der Waals surface area contributed by atoms with E-state index in [4.69, 9.17) is 0 Å². The van der Waals surface area contributed by atoms with Crippen LogP contribution in [-0.2, 0) is 0 Å². The first-order valence-corrected chi connectivity index (χ1v) is 6.99. The third-order valence-electron chi connectivity index (χ3n) is 3.97. The molecule has 1 aromatic carbocycles. The molecular weight excluding hydrogens is 264 g/mol. The summed E-state index contributed by atoms with van der Waals surface area (Å²) >= 11 is 0. The molecule has 0 saturated heterocycles. The number of hydrogen-bond donors (Lipinski definition) is 2. The van der Waals surface area contributed by atoms with Crippen LogP contribution in [0.25, 0.3) is 5.69 Å². The van der Waals surface area contributed by atoms with E-state index in [-0.39, 0.29) is 5.91 Å². The van der Waals surface area contributed by atoms with Gasteiger partial charge in [0.1, 0.15) is 0 Å². The van der Waals surface area contributed by atoms with E-state index in [0.717, 1.165) is 5.69 Å². The number of aromatic nitrogens is 1. The van der Waals surface area contributed by atoms with Gasteiger partial charge >= 0.3 is 0 Å². The van der Waals surface area contributed by atoms with Gasteiger partial charge in [0.05, 0.1) is 11.1 Å². The van der Waals surface area contributed by atoms with Crippen LogP contribution in [0.3, 0.4) is 0 Å². The number of nitrogens with one attached hydrogen (secondary N) is 1. The number of amides is 1. The van der Waals surface area contributed by atoms with Crippen LogP contribution in [0, 0.1) is 0 Å². The largest absolute Gasteiger partial charge is 0.388 e. The Morgan fingerprint density at radius 2 is 1.71 bits per heavy atom. The summed E-state index contributed by atoms with van der Waals surface area (Å²) in [7, 11) is 0. The topological polar surface area (TPSA) is 54.3 Å². The quantitative estimate of drug-likeness (QED) is 0.908. The van der Waals surface area contributed by atoms with Crippen molar-refractivity contribution in [3.8, 4) is 5.69 Å². The van der Waals surface area contributed by atoms with Crippen molar-refractivity contribution in [1.29, 1.82) is 0 Å². The maximum absolute atomic E-state index is 12.4. The zero-order valence-electron chi connectivity index (χ0n) is 12.9. The van der Waals surface area contributed by atoms with Crippen LogP contribution in [0.1, 0.15) is 38.1 Å². The van der Waals surface area contributed by atoms with E-state index in [1.54, 1.807) is 33.8 Å². The van der Waals surface area contributed by atoms with Crippen LogP contribution in [-0.4, -0.2) is 26.7 Å². The number of carbonyl (C=O) groups excluding carboxylic acids is 1. The lowest BCUT2D eigenvalue weighted by Crippen LogP contribution is -2.57. The Labute approximate surface area is 125 Å². The maximum Gasteiger partial charge on any atom is 0.251 e. The molecule has 4 heteroatoms. The van der Waals surface area contributed by atoms with Gasteiger partial charge in [-0.2, -0.15) is 0 Å². The van der Waals surface area contributed by atoms with Crippen molar-refractivity contribution >= 4 is 5.91 Å². The molecule has 1 heterocycles. The SMILES string of the molecule is CC(C)(O)C(C)(C)NC(=O)c1cccc(-n2cccc2)c1. The summed E-state index contributed by atoms with van der Waals surface area (Å²) in [6.07, 6.45) is 3.86. The Morgan fingerprint density at radius 3 is 2.29 bits per heavy atom. The molecule has 0 spiro atoms. The molecule has 1 aromatic heterocycles. The highest BCUT2D eigenvalue weighted by atomic mass is 16.3. The number of aliphatic hydroxyl groups is 1. The van der Waals surface area contributed by atoms with Gasteiger partial charge in [-0.3, -0.25) is 4.79 Å². The van der Waals surface area contributed by atoms with Gasteiger partial charge in [-0.1, -0.05) is 6.07 Å². The normalized spacial score (nSPS) is 12.2. The summed E-state index contributed by atoms with van der Waals surface area (Å²) in [6.45, 7) is 6.98. The second-order valence-corrected chi connectivity index (χ2v) is 6.28. The van der Waals surface area contributed by atoms with Crippen molar-refractivity contribution in [1.82, 2.24) is 9.88 Å². The fraction of sp³-hybridized carbons (Fsp3) is 0.353. The lowest BCUT2D eigenvalue weighted by atomic mass is 9.85. The monoisotopic (exact) mass is 286 g/mol. The number of rotatable bonds is 4. The first-order chi connectivity index (χ1) is 9.71. The molecule has 2 N–H and O–H groups in total. The molecule has 0 bridgehead atoms. The van der Waals surface area contributed by atoms with Gasteiger partial charge in [-0.15, -0.1) is 0 Å². The van der Waals surface area contributed by atoms with E-state index in [1.165, 1.54) is 0 Å². The van der Waals surface area contributed by atoms with Crippen molar-refractivity contribution in [2.45, 2.75) is 38.8 Å².